The molecule has 27 heavy (non-hydrogen) atoms. The van der Waals surface area contributed by atoms with E-state index in [1.165, 1.54) is 0 Å². The molecule has 6 heteroatoms. The molecule has 4 rings (SSSR count). The number of aryl methyl sites for hydroxylation is 1. The summed E-state index contributed by atoms with van der Waals surface area (Å²) in [5.74, 6) is 1.40. The maximum Gasteiger partial charge on any atom is 0.363 e. The summed E-state index contributed by atoms with van der Waals surface area (Å²) in [7, 11) is 0. The summed E-state index contributed by atoms with van der Waals surface area (Å²) >= 11 is 0. The van der Waals surface area contributed by atoms with Gasteiger partial charge < -0.3 is 13.9 Å². The van der Waals surface area contributed by atoms with E-state index >= 15 is 0 Å². The second kappa shape index (κ2) is 6.72. The first-order valence-electron chi connectivity index (χ1n) is 8.74. The predicted octanol–water partition coefficient (Wildman–Crippen LogP) is 3.77. The summed E-state index contributed by atoms with van der Waals surface area (Å²) in [6.07, 6.45) is 3.69. The van der Waals surface area contributed by atoms with Crippen molar-refractivity contribution in [3.8, 4) is 5.75 Å². The maximum atomic E-state index is 12.3. The highest BCUT2D eigenvalue weighted by Gasteiger charge is 2.25. The standard InChI is InChI=1S/C21H19N3O3/c1-13(2)26-16-9-7-15(8-10-16)20-23-18(21(25)27-20)12-17-19-6-4-5-11-24(19)14(3)22-17/h4-13H,1-3H3/b18-12-. The molecule has 6 nitrogen and oxygen atoms in total. The van der Waals surface area contributed by atoms with Crippen LogP contribution in [0.5, 0.6) is 5.75 Å². The molecular formula is C21H19N3O3. The van der Waals surface area contributed by atoms with Gasteiger partial charge in [-0.25, -0.2) is 14.8 Å². The zero-order valence-corrected chi connectivity index (χ0v) is 15.3. The Balaban J connectivity index is 1.65. The van der Waals surface area contributed by atoms with Crippen molar-refractivity contribution < 1.29 is 14.3 Å². The summed E-state index contributed by atoms with van der Waals surface area (Å²) in [5, 5.41) is 0. The third-order valence-corrected chi connectivity index (χ3v) is 4.12. The van der Waals surface area contributed by atoms with Gasteiger partial charge >= 0.3 is 5.97 Å². The number of rotatable bonds is 4. The number of benzene rings is 1. The molecule has 0 spiro atoms. The van der Waals surface area contributed by atoms with Crippen LogP contribution in [0.2, 0.25) is 0 Å². The summed E-state index contributed by atoms with van der Waals surface area (Å²) < 4.78 is 12.9. The highest BCUT2D eigenvalue weighted by atomic mass is 16.6. The number of hydrogen-bond donors (Lipinski definition) is 0. The Morgan fingerprint density at radius 1 is 1.15 bits per heavy atom. The molecule has 1 aliphatic rings. The van der Waals surface area contributed by atoms with E-state index in [0.29, 0.717) is 11.3 Å². The van der Waals surface area contributed by atoms with Crippen LogP contribution in [0.4, 0.5) is 0 Å². The number of aliphatic imine (C=N–C) groups is 1. The Bertz CT molecular complexity index is 1080. The van der Waals surface area contributed by atoms with Crippen molar-refractivity contribution in [3.05, 3.63) is 71.4 Å². The zero-order valence-electron chi connectivity index (χ0n) is 15.3. The summed E-state index contributed by atoms with van der Waals surface area (Å²) in [6.45, 7) is 5.85. The Morgan fingerprint density at radius 3 is 2.67 bits per heavy atom. The van der Waals surface area contributed by atoms with E-state index < -0.39 is 5.97 Å². The topological polar surface area (TPSA) is 65.2 Å². The van der Waals surface area contributed by atoms with Crippen molar-refractivity contribution in [2.45, 2.75) is 26.9 Å². The van der Waals surface area contributed by atoms with Crippen LogP contribution in [0.1, 0.15) is 30.9 Å². The Hall–Kier alpha value is -3.41. The molecule has 0 saturated carbocycles. The van der Waals surface area contributed by atoms with Crippen molar-refractivity contribution >= 4 is 23.5 Å². The van der Waals surface area contributed by atoms with E-state index in [0.717, 1.165) is 17.1 Å². The molecule has 3 aromatic rings. The number of pyridine rings is 1. The number of aromatic nitrogens is 2. The molecule has 0 saturated heterocycles. The first-order valence-corrected chi connectivity index (χ1v) is 8.74. The van der Waals surface area contributed by atoms with Crippen LogP contribution >= 0.6 is 0 Å². The SMILES string of the molecule is Cc1nc(/C=C2\N=C(c3ccc(OC(C)C)cc3)OC2=O)c2ccccn12. The van der Waals surface area contributed by atoms with Gasteiger partial charge in [-0.3, -0.25) is 0 Å². The van der Waals surface area contributed by atoms with Crippen LogP contribution in [-0.2, 0) is 9.53 Å². The minimum atomic E-state index is -0.484. The van der Waals surface area contributed by atoms with E-state index in [1.807, 2.05) is 73.8 Å². The number of carbonyl (C=O) groups excluding carboxylic acids is 1. The van der Waals surface area contributed by atoms with Gasteiger partial charge in [0.1, 0.15) is 11.6 Å². The fourth-order valence-electron chi connectivity index (χ4n) is 2.94. The van der Waals surface area contributed by atoms with Gasteiger partial charge in [0, 0.05) is 11.8 Å². The van der Waals surface area contributed by atoms with Crippen molar-refractivity contribution in [2.75, 3.05) is 0 Å². The number of esters is 1. The van der Waals surface area contributed by atoms with Crippen LogP contribution in [0.25, 0.3) is 11.6 Å². The number of carbonyl (C=O) groups is 1. The molecule has 0 N–H and O–H groups in total. The van der Waals surface area contributed by atoms with Gasteiger partial charge in [-0.15, -0.1) is 0 Å². The Morgan fingerprint density at radius 2 is 1.93 bits per heavy atom. The zero-order chi connectivity index (χ0) is 19.0. The number of ether oxygens (including phenoxy) is 2. The summed E-state index contributed by atoms with van der Waals surface area (Å²) in [6, 6.07) is 13.1. The van der Waals surface area contributed by atoms with E-state index in [2.05, 4.69) is 9.98 Å². The monoisotopic (exact) mass is 361 g/mol. The summed E-state index contributed by atoms with van der Waals surface area (Å²) in [4.78, 5) is 21.1. The number of imidazole rings is 1. The summed E-state index contributed by atoms with van der Waals surface area (Å²) in [5.41, 5.74) is 2.55. The first-order chi connectivity index (χ1) is 13.0. The molecule has 1 aromatic carbocycles. The molecule has 3 heterocycles. The maximum absolute atomic E-state index is 12.3. The van der Waals surface area contributed by atoms with Crippen LogP contribution in [0, 0.1) is 6.92 Å². The molecule has 0 amide bonds. The lowest BCUT2D eigenvalue weighted by atomic mass is 10.2. The second-order valence-corrected chi connectivity index (χ2v) is 6.53. The number of cyclic esters (lactones) is 1. The average Bonchev–Trinajstić information content (AvgIpc) is 3.16. The first kappa shape index (κ1) is 17.0. The van der Waals surface area contributed by atoms with E-state index in [9.17, 15) is 4.79 Å². The van der Waals surface area contributed by atoms with Gasteiger partial charge in [-0.1, -0.05) is 6.07 Å². The average molecular weight is 361 g/mol. The van der Waals surface area contributed by atoms with Gasteiger partial charge in [0.25, 0.3) is 0 Å². The van der Waals surface area contributed by atoms with Gasteiger partial charge in [0.2, 0.25) is 5.90 Å². The smallest absolute Gasteiger partial charge is 0.363 e. The van der Waals surface area contributed by atoms with Gasteiger partial charge in [0.05, 0.1) is 17.3 Å². The van der Waals surface area contributed by atoms with Crippen molar-refractivity contribution in [2.24, 2.45) is 4.99 Å². The normalized spacial score (nSPS) is 15.5. The third-order valence-electron chi connectivity index (χ3n) is 4.12. The molecule has 2 aromatic heterocycles. The molecule has 0 aliphatic carbocycles. The number of hydrogen-bond acceptors (Lipinski definition) is 5. The van der Waals surface area contributed by atoms with Crippen molar-refractivity contribution in [1.29, 1.82) is 0 Å². The fourth-order valence-corrected chi connectivity index (χ4v) is 2.94. The van der Waals surface area contributed by atoms with Crippen LogP contribution in [-0.4, -0.2) is 27.4 Å². The van der Waals surface area contributed by atoms with Crippen LogP contribution < -0.4 is 4.74 Å². The molecule has 0 unspecified atom stereocenters. The van der Waals surface area contributed by atoms with Crippen molar-refractivity contribution in [3.63, 3.8) is 0 Å². The van der Waals surface area contributed by atoms with Crippen LogP contribution in [0.3, 0.4) is 0 Å². The third kappa shape index (κ3) is 3.33. The minimum absolute atomic E-state index is 0.0974. The molecule has 1 aliphatic heterocycles. The minimum Gasteiger partial charge on any atom is -0.491 e. The lowest BCUT2D eigenvalue weighted by Gasteiger charge is -2.09. The quantitative estimate of drug-likeness (QED) is 0.524. The van der Waals surface area contributed by atoms with Crippen LogP contribution in [0.15, 0.2) is 59.4 Å². The second-order valence-electron chi connectivity index (χ2n) is 6.53. The van der Waals surface area contributed by atoms with Gasteiger partial charge in [0.15, 0.2) is 5.70 Å². The number of fused-ring (bicyclic) bond motifs is 1. The highest BCUT2D eigenvalue weighted by Crippen LogP contribution is 2.23. The lowest BCUT2D eigenvalue weighted by Crippen LogP contribution is -2.07. The highest BCUT2D eigenvalue weighted by molar-refractivity contribution is 6.13. The van der Waals surface area contributed by atoms with Gasteiger partial charge in [-0.2, -0.15) is 0 Å². The fraction of sp³-hybridized carbons (Fsp3) is 0.190. The largest absolute Gasteiger partial charge is 0.491 e. The molecule has 136 valence electrons. The number of nitrogens with zero attached hydrogens (tertiary/aromatic N) is 3. The Labute approximate surface area is 156 Å². The molecule has 0 radical (unpaired) electrons. The Kier molecular flexibility index (Phi) is 4.24. The molecular weight excluding hydrogens is 342 g/mol. The lowest BCUT2D eigenvalue weighted by molar-refractivity contribution is -0.129. The molecule has 0 bridgehead atoms. The molecule has 0 atom stereocenters. The van der Waals surface area contributed by atoms with Crippen molar-refractivity contribution in [1.82, 2.24) is 9.38 Å². The molecule has 0 fully saturated rings. The van der Waals surface area contributed by atoms with E-state index in [4.69, 9.17) is 9.47 Å². The van der Waals surface area contributed by atoms with E-state index in [-0.39, 0.29) is 17.7 Å². The van der Waals surface area contributed by atoms with Gasteiger partial charge in [-0.05, 0) is 63.2 Å². The predicted molar refractivity (Wildman–Crippen MR) is 103 cm³/mol. The van der Waals surface area contributed by atoms with E-state index in [1.54, 1.807) is 6.08 Å².